The van der Waals surface area contributed by atoms with Crippen molar-refractivity contribution in [1.29, 1.82) is 0 Å². The summed E-state index contributed by atoms with van der Waals surface area (Å²) in [5, 5.41) is 0. The Kier molecular flexibility index (Phi) is 5.41. The van der Waals surface area contributed by atoms with Crippen molar-refractivity contribution in [1.82, 2.24) is 0 Å². The van der Waals surface area contributed by atoms with Gasteiger partial charge in [-0.1, -0.05) is 43.2 Å². The number of carbonyl (C=O) groups excluding carboxylic acids is 1. The van der Waals surface area contributed by atoms with Gasteiger partial charge in [0.2, 0.25) is 0 Å². The molecule has 1 fully saturated rings. The number of benzene rings is 1. The van der Waals surface area contributed by atoms with Crippen LogP contribution in [-0.2, 0) is 16.0 Å². The Hall–Kier alpha value is -1.79. The highest BCUT2D eigenvalue weighted by Gasteiger charge is 2.44. The third-order valence-electron chi connectivity index (χ3n) is 4.34. The van der Waals surface area contributed by atoms with Gasteiger partial charge in [-0.05, 0) is 50.3 Å². The molecule has 0 spiro atoms. The molecule has 1 saturated carbocycles. The van der Waals surface area contributed by atoms with Crippen LogP contribution in [-0.4, -0.2) is 12.6 Å². The predicted octanol–water partition coefficient (Wildman–Crippen LogP) is 4.45. The maximum Gasteiger partial charge on any atom is 0.316 e. The molecule has 2 heteroatoms. The molecule has 0 heterocycles. The highest BCUT2D eigenvalue weighted by Crippen LogP contribution is 2.44. The molecule has 21 heavy (non-hydrogen) atoms. The van der Waals surface area contributed by atoms with E-state index in [1.165, 1.54) is 5.56 Å². The molecule has 112 valence electrons. The van der Waals surface area contributed by atoms with Gasteiger partial charge in [-0.15, -0.1) is 5.73 Å². The lowest BCUT2D eigenvalue weighted by molar-refractivity contribution is -0.152. The topological polar surface area (TPSA) is 26.3 Å². The van der Waals surface area contributed by atoms with E-state index in [0.717, 1.165) is 37.7 Å². The van der Waals surface area contributed by atoms with Crippen molar-refractivity contribution in [3.05, 3.63) is 53.3 Å². The number of carbonyl (C=O) groups is 1. The van der Waals surface area contributed by atoms with Crippen LogP contribution in [0.3, 0.4) is 0 Å². The minimum absolute atomic E-state index is 0.0689. The summed E-state index contributed by atoms with van der Waals surface area (Å²) in [5.41, 5.74) is 5.20. The van der Waals surface area contributed by atoms with Gasteiger partial charge in [-0.3, -0.25) is 4.79 Å². The van der Waals surface area contributed by atoms with Crippen LogP contribution < -0.4 is 0 Å². The first-order valence-corrected chi connectivity index (χ1v) is 7.82. The van der Waals surface area contributed by atoms with E-state index >= 15 is 0 Å². The Labute approximate surface area is 127 Å². The van der Waals surface area contributed by atoms with E-state index in [-0.39, 0.29) is 5.97 Å². The second-order valence-electron chi connectivity index (χ2n) is 5.67. The van der Waals surface area contributed by atoms with Crippen LogP contribution in [0.2, 0.25) is 0 Å². The van der Waals surface area contributed by atoms with Crippen molar-refractivity contribution >= 4 is 5.97 Å². The second kappa shape index (κ2) is 7.28. The Bertz CT molecular complexity index is 530. The molecule has 0 saturated heterocycles. The summed E-state index contributed by atoms with van der Waals surface area (Å²) in [7, 11) is 0. The summed E-state index contributed by atoms with van der Waals surface area (Å²) < 4.78 is 5.30. The van der Waals surface area contributed by atoms with Crippen LogP contribution in [0.5, 0.6) is 0 Å². The molecule has 1 aromatic carbocycles. The van der Waals surface area contributed by atoms with Gasteiger partial charge in [0.15, 0.2) is 0 Å². The average molecular weight is 284 g/mol. The summed E-state index contributed by atoms with van der Waals surface area (Å²) in [6.45, 7) is 4.33. The molecule has 0 bridgehead atoms. The minimum Gasteiger partial charge on any atom is -0.465 e. The molecule has 1 aliphatic rings. The fourth-order valence-electron chi connectivity index (χ4n) is 3.05. The molecule has 0 N–H and O–H groups in total. The van der Waals surface area contributed by atoms with E-state index in [4.69, 9.17) is 4.74 Å². The Morgan fingerprint density at radius 3 is 2.57 bits per heavy atom. The van der Waals surface area contributed by atoms with Crippen molar-refractivity contribution in [2.24, 2.45) is 5.41 Å². The Morgan fingerprint density at radius 2 is 1.95 bits per heavy atom. The quantitative estimate of drug-likeness (QED) is 0.589. The van der Waals surface area contributed by atoms with Gasteiger partial charge in [-0.25, -0.2) is 0 Å². The number of esters is 1. The predicted molar refractivity (Wildman–Crippen MR) is 85.0 cm³/mol. The maximum atomic E-state index is 12.3. The summed E-state index contributed by atoms with van der Waals surface area (Å²) >= 11 is 0. The van der Waals surface area contributed by atoms with Crippen molar-refractivity contribution in [2.75, 3.05) is 6.61 Å². The van der Waals surface area contributed by atoms with Crippen molar-refractivity contribution in [3.63, 3.8) is 0 Å². The number of hydrogen-bond donors (Lipinski definition) is 0. The lowest BCUT2D eigenvalue weighted by Crippen LogP contribution is -2.31. The normalized spacial score (nSPS) is 16.1. The van der Waals surface area contributed by atoms with Gasteiger partial charge in [0.25, 0.3) is 0 Å². The zero-order valence-corrected chi connectivity index (χ0v) is 13.0. The summed E-state index contributed by atoms with van der Waals surface area (Å²) in [5.74, 6) is -0.0689. The number of ether oxygens (including phenoxy) is 1. The lowest BCUT2D eigenvalue weighted by Gasteiger charge is -2.26. The molecule has 2 rings (SSSR count). The van der Waals surface area contributed by atoms with Crippen LogP contribution in [0, 0.1) is 5.41 Å². The molecule has 0 atom stereocenters. The van der Waals surface area contributed by atoms with Crippen LogP contribution >= 0.6 is 0 Å². The Balaban J connectivity index is 2.16. The van der Waals surface area contributed by atoms with Gasteiger partial charge in [0.05, 0.1) is 12.0 Å². The molecule has 0 unspecified atom stereocenters. The molecule has 0 amide bonds. The van der Waals surface area contributed by atoms with E-state index in [1.54, 1.807) is 0 Å². The van der Waals surface area contributed by atoms with E-state index < -0.39 is 5.41 Å². The van der Waals surface area contributed by atoms with E-state index in [2.05, 4.69) is 17.9 Å². The van der Waals surface area contributed by atoms with Gasteiger partial charge in [0.1, 0.15) is 0 Å². The second-order valence-corrected chi connectivity index (χ2v) is 5.67. The average Bonchev–Trinajstić information content (AvgIpc) is 2.99. The highest BCUT2D eigenvalue weighted by molar-refractivity contribution is 5.80. The zero-order valence-electron chi connectivity index (χ0n) is 13.0. The molecule has 1 aliphatic carbocycles. The maximum absolute atomic E-state index is 12.3. The van der Waals surface area contributed by atoms with Crippen molar-refractivity contribution in [2.45, 2.75) is 46.0 Å². The van der Waals surface area contributed by atoms with Crippen LogP contribution in [0.25, 0.3) is 0 Å². The lowest BCUT2D eigenvalue weighted by atomic mass is 9.79. The van der Waals surface area contributed by atoms with Gasteiger partial charge in [0, 0.05) is 0 Å². The van der Waals surface area contributed by atoms with Gasteiger partial charge >= 0.3 is 5.97 Å². The first kappa shape index (κ1) is 15.6. The minimum atomic E-state index is -0.427. The first-order valence-electron chi connectivity index (χ1n) is 7.82. The largest absolute Gasteiger partial charge is 0.465 e. The highest BCUT2D eigenvalue weighted by atomic mass is 16.5. The van der Waals surface area contributed by atoms with Crippen LogP contribution in [0.4, 0.5) is 0 Å². The number of rotatable bonds is 5. The third kappa shape index (κ3) is 3.65. The standard InChI is InChI=1S/C19H24O2/c1-3-21-18(20)19(14-7-8-15-19)16(2)10-9-13-17-11-5-4-6-12-17/h4-6,9,11-12H,3,7-8,13-15H2,1-2H3. The number of hydrogen-bond acceptors (Lipinski definition) is 2. The fourth-order valence-corrected chi connectivity index (χ4v) is 3.05. The van der Waals surface area contributed by atoms with Crippen molar-refractivity contribution < 1.29 is 9.53 Å². The van der Waals surface area contributed by atoms with Crippen LogP contribution in [0.1, 0.15) is 45.1 Å². The Morgan fingerprint density at radius 1 is 1.29 bits per heavy atom. The molecule has 0 aromatic heterocycles. The SMILES string of the molecule is CCOC(=O)C1(C(C)=C=CCc2ccccc2)CCCC1. The molecule has 0 aliphatic heterocycles. The van der Waals surface area contributed by atoms with Crippen LogP contribution in [0.15, 0.2) is 47.7 Å². The molecule has 0 radical (unpaired) electrons. The summed E-state index contributed by atoms with van der Waals surface area (Å²) in [4.78, 5) is 12.3. The molecular weight excluding hydrogens is 260 g/mol. The van der Waals surface area contributed by atoms with E-state index in [0.29, 0.717) is 6.61 Å². The summed E-state index contributed by atoms with van der Waals surface area (Å²) in [6, 6.07) is 10.3. The van der Waals surface area contributed by atoms with Crippen molar-refractivity contribution in [3.8, 4) is 0 Å². The monoisotopic (exact) mass is 284 g/mol. The fraction of sp³-hybridized carbons (Fsp3) is 0.474. The smallest absolute Gasteiger partial charge is 0.316 e. The zero-order chi connectivity index (χ0) is 15.1. The van der Waals surface area contributed by atoms with Gasteiger partial charge in [-0.2, -0.15) is 0 Å². The molecule has 1 aromatic rings. The molecule has 2 nitrogen and oxygen atoms in total. The first-order chi connectivity index (χ1) is 10.2. The molecular formula is C19H24O2. The van der Waals surface area contributed by atoms with E-state index in [9.17, 15) is 4.79 Å². The third-order valence-corrected chi connectivity index (χ3v) is 4.34. The van der Waals surface area contributed by atoms with Gasteiger partial charge < -0.3 is 4.74 Å². The summed E-state index contributed by atoms with van der Waals surface area (Å²) in [6.07, 6.45) is 6.85. The van der Waals surface area contributed by atoms with E-state index in [1.807, 2.05) is 38.1 Å².